The summed E-state index contributed by atoms with van der Waals surface area (Å²) < 4.78 is 15.2. The highest BCUT2D eigenvalue weighted by Gasteiger charge is 2.25. The van der Waals surface area contributed by atoms with Crippen LogP contribution in [0.25, 0.3) is 0 Å². The van der Waals surface area contributed by atoms with Crippen LogP contribution >= 0.6 is 0 Å². The predicted molar refractivity (Wildman–Crippen MR) is 80.8 cm³/mol. The Hall–Kier alpha value is -2.82. The molecule has 2 aromatic carbocycles. The highest BCUT2D eigenvalue weighted by molar-refractivity contribution is 6.16. The van der Waals surface area contributed by atoms with Crippen LogP contribution in [-0.2, 0) is 4.74 Å². The highest BCUT2D eigenvalue weighted by atomic mass is 16.5. The summed E-state index contributed by atoms with van der Waals surface area (Å²) in [6.07, 6.45) is 0. The first-order chi connectivity index (χ1) is 10.6. The van der Waals surface area contributed by atoms with Gasteiger partial charge < -0.3 is 14.2 Å². The third-order valence-corrected chi connectivity index (χ3v) is 3.20. The number of ether oxygens (including phenoxy) is 3. The van der Waals surface area contributed by atoms with E-state index >= 15 is 0 Å². The van der Waals surface area contributed by atoms with Crippen molar-refractivity contribution in [2.75, 3.05) is 21.3 Å². The second-order valence-corrected chi connectivity index (χ2v) is 4.44. The van der Waals surface area contributed by atoms with Crippen LogP contribution < -0.4 is 9.47 Å². The van der Waals surface area contributed by atoms with Crippen LogP contribution in [0.3, 0.4) is 0 Å². The molecular formula is C17H16O5. The van der Waals surface area contributed by atoms with Gasteiger partial charge in [-0.1, -0.05) is 30.3 Å². The largest absolute Gasteiger partial charge is 0.497 e. The minimum absolute atomic E-state index is 0.104. The molecule has 114 valence electrons. The number of hydrogen-bond donors (Lipinski definition) is 0. The van der Waals surface area contributed by atoms with Crippen molar-refractivity contribution in [1.29, 1.82) is 0 Å². The number of hydrogen-bond acceptors (Lipinski definition) is 5. The van der Waals surface area contributed by atoms with Crippen molar-refractivity contribution in [1.82, 2.24) is 0 Å². The lowest BCUT2D eigenvalue weighted by atomic mass is 9.97. The summed E-state index contributed by atoms with van der Waals surface area (Å²) in [4.78, 5) is 24.8. The zero-order chi connectivity index (χ0) is 16.1. The predicted octanol–water partition coefficient (Wildman–Crippen LogP) is 2.72. The van der Waals surface area contributed by atoms with Gasteiger partial charge in [-0.2, -0.15) is 0 Å². The summed E-state index contributed by atoms with van der Waals surface area (Å²) in [7, 11) is 4.15. The van der Waals surface area contributed by atoms with E-state index in [0.717, 1.165) is 0 Å². The summed E-state index contributed by atoms with van der Waals surface area (Å²) in [5.41, 5.74) is 0.713. The topological polar surface area (TPSA) is 61.8 Å². The van der Waals surface area contributed by atoms with Gasteiger partial charge in [0.1, 0.15) is 11.5 Å². The van der Waals surface area contributed by atoms with Gasteiger partial charge in [-0.05, 0) is 6.07 Å². The van der Waals surface area contributed by atoms with Crippen molar-refractivity contribution in [2.24, 2.45) is 0 Å². The van der Waals surface area contributed by atoms with Crippen LogP contribution in [0.4, 0.5) is 0 Å². The summed E-state index contributed by atoms with van der Waals surface area (Å²) in [5.74, 6) is -0.285. The van der Waals surface area contributed by atoms with E-state index in [0.29, 0.717) is 11.3 Å². The third kappa shape index (κ3) is 2.93. The van der Waals surface area contributed by atoms with Crippen molar-refractivity contribution >= 4 is 11.8 Å². The fourth-order valence-corrected chi connectivity index (χ4v) is 2.11. The molecule has 0 fully saturated rings. The summed E-state index contributed by atoms with van der Waals surface area (Å²) in [6, 6.07) is 11.7. The van der Waals surface area contributed by atoms with Crippen LogP contribution in [0, 0.1) is 0 Å². The van der Waals surface area contributed by atoms with Gasteiger partial charge in [-0.15, -0.1) is 0 Å². The SMILES string of the molecule is COC(=O)c1cc(OC)cc(OC)c1C(=O)c1ccccc1. The number of methoxy groups -OCH3 is 3. The van der Waals surface area contributed by atoms with E-state index in [9.17, 15) is 9.59 Å². The summed E-state index contributed by atoms with van der Waals surface area (Å²) in [6.45, 7) is 0. The molecule has 0 bridgehead atoms. The Bertz CT molecular complexity index is 692. The lowest BCUT2D eigenvalue weighted by molar-refractivity contribution is 0.0596. The lowest BCUT2D eigenvalue weighted by Gasteiger charge is -2.14. The number of benzene rings is 2. The molecule has 0 N–H and O–H groups in total. The van der Waals surface area contributed by atoms with E-state index in [4.69, 9.17) is 14.2 Å². The van der Waals surface area contributed by atoms with Crippen LogP contribution in [0.1, 0.15) is 26.3 Å². The molecule has 2 aromatic rings. The molecule has 0 radical (unpaired) electrons. The van der Waals surface area contributed by atoms with E-state index in [1.165, 1.54) is 27.4 Å². The molecule has 0 spiro atoms. The van der Waals surface area contributed by atoms with Gasteiger partial charge in [0.15, 0.2) is 5.78 Å². The van der Waals surface area contributed by atoms with E-state index in [1.807, 2.05) is 6.07 Å². The molecule has 5 heteroatoms. The first-order valence-corrected chi connectivity index (χ1v) is 6.56. The van der Waals surface area contributed by atoms with Crippen LogP contribution in [0.15, 0.2) is 42.5 Å². The number of rotatable bonds is 5. The first-order valence-electron chi connectivity index (χ1n) is 6.56. The molecule has 2 rings (SSSR count). The molecule has 0 saturated carbocycles. The second kappa shape index (κ2) is 6.76. The monoisotopic (exact) mass is 300 g/mol. The van der Waals surface area contributed by atoms with Crippen molar-refractivity contribution < 1.29 is 23.8 Å². The maximum Gasteiger partial charge on any atom is 0.338 e. The number of carbonyl (C=O) groups excluding carboxylic acids is 2. The Morgan fingerprint density at radius 2 is 1.59 bits per heavy atom. The normalized spacial score (nSPS) is 9.95. The smallest absolute Gasteiger partial charge is 0.338 e. The maximum absolute atomic E-state index is 12.7. The minimum Gasteiger partial charge on any atom is -0.497 e. The Kier molecular flexibility index (Phi) is 4.78. The lowest BCUT2D eigenvalue weighted by Crippen LogP contribution is -2.13. The average molecular weight is 300 g/mol. The number of ketones is 1. The van der Waals surface area contributed by atoms with Crippen LogP contribution in [-0.4, -0.2) is 33.1 Å². The fourth-order valence-electron chi connectivity index (χ4n) is 2.11. The number of esters is 1. The zero-order valence-corrected chi connectivity index (χ0v) is 12.6. The molecular weight excluding hydrogens is 284 g/mol. The van der Waals surface area contributed by atoms with Crippen molar-refractivity contribution in [3.05, 3.63) is 59.2 Å². The maximum atomic E-state index is 12.7. The van der Waals surface area contributed by atoms with Gasteiger partial charge in [-0.3, -0.25) is 4.79 Å². The zero-order valence-electron chi connectivity index (χ0n) is 12.6. The molecule has 0 heterocycles. The van der Waals surface area contributed by atoms with Gasteiger partial charge in [0.05, 0.1) is 32.5 Å². The standard InChI is InChI=1S/C17H16O5/c1-20-12-9-13(17(19)22-3)15(14(10-12)21-2)16(18)11-7-5-4-6-8-11/h4-10H,1-3H3. The van der Waals surface area contributed by atoms with Crippen LogP contribution in [0.5, 0.6) is 11.5 Å². The van der Waals surface area contributed by atoms with Crippen molar-refractivity contribution in [2.45, 2.75) is 0 Å². The summed E-state index contributed by atoms with van der Waals surface area (Å²) in [5, 5.41) is 0. The van der Waals surface area contributed by atoms with E-state index in [1.54, 1.807) is 30.3 Å². The molecule has 0 aliphatic heterocycles. The third-order valence-electron chi connectivity index (χ3n) is 3.20. The molecule has 0 unspecified atom stereocenters. The molecule has 0 atom stereocenters. The van der Waals surface area contributed by atoms with Gasteiger partial charge in [0.2, 0.25) is 0 Å². The summed E-state index contributed by atoms with van der Waals surface area (Å²) >= 11 is 0. The Morgan fingerprint density at radius 3 is 2.14 bits per heavy atom. The molecule has 0 aromatic heterocycles. The van der Waals surface area contributed by atoms with Crippen LogP contribution in [0.2, 0.25) is 0 Å². The first kappa shape index (κ1) is 15.6. The average Bonchev–Trinajstić information content (AvgIpc) is 2.59. The minimum atomic E-state index is -0.628. The van der Waals surface area contributed by atoms with Gasteiger partial charge in [0, 0.05) is 11.6 Å². The molecule has 0 amide bonds. The number of carbonyl (C=O) groups is 2. The fraction of sp³-hybridized carbons (Fsp3) is 0.176. The molecule has 0 aliphatic rings. The molecule has 22 heavy (non-hydrogen) atoms. The highest BCUT2D eigenvalue weighted by Crippen LogP contribution is 2.31. The van der Waals surface area contributed by atoms with E-state index < -0.39 is 5.97 Å². The van der Waals surface area contributed by atoms with Gasteiger partial charge >= 0.3 is 5.97 Å². The molecule has 5 nitrogen and oxygen atoms in total. The quantitative estimate of drug-likeness (QED) is 0.627. The van der Waals surface area contributed by atoms with Gasteiger partial charge in [-0.25, -0.2) is 4.79 Å². The molecule has 0 aliphatic carbocycles. The molecule has 0 saturated heterocycles. The second-order valence-electron chi connectivity index (χ2n) is 4.44. The Labute approximate surface area is 128 Å². The van der Waals surface area contributed by atoms with Gasteiger partial charge in [0.25, 0.3) is 0 Å². The van der Waals surface area contributed by atoms with E-state index in [2.05, 4.69) is 0 Å². The Morgan fingerprint density at radius 1 is 0.909 bits per heavy atom. The Balaban J connectivity index is 2.67. The van der Waals surface area contributed by atoms with Crippen molar-refractivity contribution in [3.63, 3.8) is 0 Å². The van der Waals surface area contributed by atoms with Crippen molar-refractivity contribution in [3.8, 4) is 11.5 Å². The van der Waals surface area contributed by atoms with E-state index in [-0.39, 0.29) is 22.7 Å².